The Balaban J connectivity index is 1.97. The van der Waals surface area contributed by atoms with Crippen LogP contribution in [0.3, 0.4) is 0 Å². The van der Waals surface area contributed by atoms with E-state index in [9.17, 15) is 0 Å². The minimum absolute atomic E-state index is 0.0381. The highest BCUT2D eigenvalue weighted by molar-refractivity contribution is 5.29. The fourth-order valence-corrected chi connectivity index (χ4v) is 2.45. The number of benzene rings is 2. The predicted molar refractivity (Wildman–Crippen MR) is 88.8 cm³/mol. The summed E-state index contributed by atoms with van der Waals surface area (Å²) in [6.07, 6.45) is 1.94. The summed E-state index contributed by atoms with van der Waals surface area (Å²) in [6.45, 7) is 5.65. The van der Waals surface area contributed by atoms with Crippen LogP contribution in [0, 0.1) is 0 Å². The van der Waals surface area contributed by atoms with E-state index in [-0.39, 0.29) is 5.41 Å². The van der Waals surface area contributed by atoms with Crippen LogP contribution in [0.4, 0.5) is 0 Å². The topological polar surface area (TPSA) is 35.2 Å². The molecule has 0 fully saturated rings. The van der Waals surface area contributed by atoms with E-state index >= 15 is 0 Å². The first kappa shape index (κ1) is 15.6. The van der Waals surface area contributed by atoms with Crippen LogP contribution in [0.15, 0.2) is 54.6 Å². The van der Waals surface area contributed by atoms with Crippen molar-refractivity contribution in [1.29, 1.82) is 0 Å². The molecule has 2 heteroatoms. The third-order valence-corrected chi connectivity index (χ3v) is 4.15. The maximum absolute atomic E-state index is 6.01. The highest BCUT2D eigenvalue weighted by Gasteiger charge is 2.24. The molecule has 0 amide bonds. The van der Waals surface area contributed by atoms with Gasteiger partial charge in [0.05, 0.1) is 6.61 Å². The monoisotopic (exact) mass is 283 g/mol. The Hall–Kier alpha value is -1.80. The smallest absolute Gasteiger partial charge is 0.119 e. The molecule has 112 valence electrons. The predicted octanol–water partition coefficient (Wildman–Crippen LogP) is 3.93. The standard InChI is InChI=1S/C19H25NO/c1-3-16-8-7-11-18(14-16)21-13-12-19(2,15-20)17-9-5-4-6-10-17/h4-11,14H,3,12-13,15,20H2,1-2H3. The highest BCUT2D eigenvalue weighted by Crippen LogP contribution is 2.26. The van der Waals surface area contributed by atoms with E-state index in [0.29, 0.717) is 13.2 Å². The largest absolute Gasteiger partial charge is 0.494 e. The number of nitrogens with two attached hydrogens (primary N) is 1. The van der Waals surface area contributed by atoms with E-state index in [4.69, 9.17) is 10.5 Å². The zero-order valence-corrected chi connectivity index (χ0v) is 13.0. The quantitative estimate of drug-likeness (QED) is 0.835. The van der Waals surface area contributed by atoms with Crippen molar-refractivity contribution in [2.75, 3.05) is 13.2 Å². The lowest BCUT2D eigenvalue weighted by Gasteiger charge is -2.28. The molecule has 0 saturated heterocycles. The molecule has 0 aliphatic heterocycles. The second-order valence-electron chi connectivity index (χ2n) is 5.73. The van der Waals surface area contributed by atoms with Gasteiger partial charge >= 0.3 is 0 Å². The summed E-state index contributed by atoms with van der Waals surface area (Å²) in [5.74, 6) is 0.946. The average molecular weight is 283 g/mol. The third kappa shape index (κ3) is 4.08. The van der Waals surface area contributed by atoms with Gasteiger partial charge in [-0.25, -0.2) is 0 Å². The molecule has 2 nitrogen and oxygen atoms in total. The molecule has 0 aromatic heterocycles. The highest BCUT2D eigenvalue weighted by atomic mass is 16.5. The first-order valence-electron chi connectivity index (χ1n) is 7.65. The zero-order valence-electron chi connectivity index (χ0n) is 13.0. The molecule has 2 aromatic carbocycles. The van der Waals surface area contributed by atoms with Crippen molar-refractivity contribution in [3.8, 4) is 5.75 Å². The van der Waals surface area contributed by atoms with Crippen molar-refractivity contribution < 1.29 is 4.74 Å². The molecule has 1 atom stereocenters. The van der Waals surface area contributed by atoms with Crippen LogP contribution in [-0.4, -0.2) is 13.2 Å². The molecule has 0 aliphatic rings. The van der Waals surface area contributed by atoms with Crippen LogP contribution in [0.5, 0.6) is 5.75 Å². The number of ether oxygens (including phenoxy) is 1. The molecule has 2 N–H and O–H groups in total. The summed E-state index contributed by atoms with van der Waals surface area (Å²) in [5, 5.41) is 0. The molecule has 1 unspecified atom stereocenters. The maximum atomic E-state index is 6.01. The molecule has 0 radical (unpaired) electrons. The second-order valence-corrected chi connectivity index (χ2v) is 5.73. The molecule has 0 aliphatic carbocycles. The molecule has 21 heavy (non-hydrogen) atoms. The first-order chi connectivity index (χ1) is 10.2. The molecule has 2 aromatic rings. The number of hydrogen-bond donors (Lipinski definition) is 1. The van der Waals surface area contributed by atoms with Gasteiger partial charge < -0.3 is 10.5 Å². The van der Waals surface area contributed by atoms with Gasteiger partial charge in [-0.1, -0.05) is 56.3 Å². The van der Waals surface area contributed by atoms with E-state index in [1.54, 1.807) is 0 Å². The summed E-state index contributed by atoms with van der Waals surface area (Å²) < 4.78 is 5.91. The maximum Gasteiger partial charge on any atom is 0.119 e. The average Bonchev–Trinajstić information content (AvgIpc) is 2.55. The Morgan fingerprint density at radius 1 is 1.05 bits per heavy atom. The first-order valence-corrected chi connectivity index (χ1v) is 7.65. The molecular formula is C19H25NO. The van der Waals surface area contributed by atoms with Gasteiger partial charge in [0.1, 0.15) is 5.75 Å². The molecule has 2 rings (SSSR count). The van der Waals surface area contributed by atoms with Gasteiger partial charge in [0.25, 0.3) is 0 Å². The lowest BCUT2D eigenvalue weighted by molar-refractivity contribution is 0.266. The van der Waals surface area contributed by atoms with Crippen molar-refractivity contribution in [3.63, 3.8) is 0 Å². The van der Waals surface area contributed by atoms with E-state index < -0.39 is 0 Å². The summed E-state index contributed by atoms with van der Waals surface area (Å²) in [4.78, 5) is 0. The van der Waals surface area contributed by atoms with Gasteiger partial charge in [-0.15, -0.1) is 0 Å². The van der Waals surface area contributed by atoms with Gasteiger partial charge in [0.15, 0.2) is 0 Å². The van der Waals surface area contributed by atoms with Crippen molar-refractivity contribution in [3.05, 3.63) is 65.7 Å². The molecule has 0 saturated carbocycles. The number of hydrogen-bond acceptors (Lipinski definition) is 2. The Bertz CT molecular complexity index is 553. The molecule has 0 bridgehead atoms. The van der Waals surface area contributed by atoms with Crippen molar-refractivity contribution in [2.45, 2.75) is 32.1 Å². The van der Waals surface area contributed by atoms with Crippen molar-refractivity contribution in [1.82, 2.24) is 0 Å². The lowest BCUT2D eigenvalue weighted by atomic mass is 9.80. The van der Waals surface area contributed by atoms with Crippen LogP contribution in [-0.2, 0) is 11.8 Å². The van der Waals surface area contributed by atoms with E-state index in [0.717, 1.165) is 18.6 Å². The fourth-order valence-electron chi connectivity index (χ4n) is 2.45. The Morgan fingerprint density at radius 3 is 2.48 bits per heavy atom. The van der Waals surface area contributed by atoms with Gasteiger partial charge in [0, 0.05) is 12.0 Å². The zero-order chi connectivity index (χ0) is 15.1. The minimum atomic E-state index is -0.0381. The van der Waals surface area contributed by atoms with Crippen molar-refractivity contribution >= 4 is 0 Å². The molecule has 0 spiro atoms. The SMILES string of the molecule is CCc1cccc(OCCC(C)(CN)c2ccccc2)c1. The van der Waals surface area contributed by atoms with Crippen molar-refractivity contribution in [2.24, 2.45) is 5.73 Å². The van der Waals surface area contributed by atoms with E-state index in [2.05, 4.69) is 50.2 Å². The Labute approximate surface area is 127 Å². The summed E-state index contributed by atoms with van der Waals surface area (Å²) in [5.41, 5.74) is 8.55. The van der Waals surface area contributed by atoms with Crippen LogP contribution in [0.1, 0.15) is 31.4 Å². The number of rotatable bonds is 7. The summed E-state index contributed by atoms with van der Waals surface area (Å²) in [6, 6.07) is 18.8. The molecular weight excluding hydrogens is 258 g/mol. The lowest BCUT2D eigenvalue weighted by Crippen LogP contribution is -2.33. The van der Waals surface area contributed by atoms with Crippen LogP contribution in [0.2, 0.25) is 0 Å². The van der Waals surface area contributed by atoms with E-state index in [1.165, 1.54) is 11.1 Å². The van der Waals surface area contributed by atoms with Gasteiger partial charge in [-0.3, -0.25) is 0 Å². The summed E-state index contributed by atoms with van der Waals surface area (Å²) >= 11 is 0. The van der Waals surface area contributed by atoms with Gasteiger partial charge in [-0.05, 0) is 36.1 Å². The fraction of sp³-hybridized carbons (Fsp3) is 0.368. The van der Waals surface area contributed by atoms with Crippen LogP contribution < -0.4 is 10.5 Å². The van der Waals surface area contributed by atoms with Crippen LogP contribution in [0.25, 0.3) is 0 Å². The Morgan fingerprint density at radius 2 is 1.81 bits per heavy atom. The van der Waals surface area contributed by atoms with Gasteiger partial charge in [0.2, 0.25) is 0 Å². The van der Waals surface area contributed by atoms with E-state index in [1.807, 2.05) is 18.2 Å². The second kappa shape index (κ2) is 7.28. The Kier molecular flexibility index (Phi) is 5.40. The normalized spacial score (nSPS) is 13.7. The van der Waals surface area contributed by atoms with Gasteiger partial charge in [-0.2, -0.15) is 0 Å². The number of aryl methyl sites for hydroxylation is 1. The summed E-state index contributed by atoms with van der Waals surface area (Å²) in [7, 11) is 0. The van der Waals surface area contributed by atoms with Crippen LogP contribution >= 0.6 is 0 Å². The third-order valence-electron chi connectivity index (χ3n) is 4.15. The minimum Gasteiger partial charge on any atom is -0.494 e. The molecule has 0 heterocycles.